The topological polar surface area (TPSA) is 51.9 Å². The molecule has 0 aliphatic carbocycles. The number of rotatable bonds is 6. The third kappa shape index (κ3) is 3.76. The molecule has 0 bridgehead atoms. The van der Waals surface area contributed by atoms with Gasteiger partial charge in [0.15, 0.2) is 0 Å². The summed E-state index contributed by atoms with van der Waals surface area (Å²) in [6.07, 6.45) is 2.26. The second-order valence-corrected chi connectivity index (χ2v) is 7.08. The van der Waals surface area contributed by atoms with Gasteiger partial charge in [0.05, 0.1) is 13.7 Å². The smallest absolute Gasteiger partial charge is 0.336 e. The van der Waals surface area contributed by atoms with Gasteiger partial charge in [-0.3, -0.25) is 4.90 Å². The van der Waals surface area contributed by atoms with Gasteiger partial charge >= 0.3 is 5.63 Å². The molecule has 4 rings (SSSR count). The zero-order valence-corrected chi connectivity index (χ0v) is 16.3. The standard InChI is InChI=1S/C23H25NO4/c1-3-27-18-8-6-16(7-9-18)21-5-4-12-24(21)15-17-13-23(25)28-22-14-19(26-2)10-11-20(17)22/h6-11,13-14,21H,3-5,12,15H2,1-2H3. The van der Waals surface area contributed by atoms with Crippen LogP contribution in [0.1, 0.15) is 36.9 Å². The van der Waals surface area contributed by atoms with E-state index in [1.54, 1.807) is 19.2 Å². The third-order valence-corrected chi connectivity index (χ3v) is 5.35. The van der Waals surface area contributed by atoms with Crippen molar-refractivity contribution in [3.8, 4) is 11.5 Å². The van der Waals surface area contributed by atoms with Crippen molar-refractivity contribution in [3.63, 3.8) is 0 Å². The summed E-state index contributed by atoms with van der Waals surface area (Å²) in [7, 11) is 1.61. The first-order valence-corrected chi connectivity index (χ1v) is 9.75. The normalized spacial score (nSPS) is 17.1. The average molecular weight is 379 g/mol. The highest BCUT2D eigenvalue weighted by Crippen LogP contribution is 2.35. The maximum Gasteiger partial charge on any atom is 0.336 e. The van der Waals surface area contributed by atoms with Gasteiger partial charge < -0.3 is 13.9 Å². The van der Waals surface area contributed by atoms with E-state index in [1.165, 1.54) is 5.56 Å². The molecule has 0 spiro atoms. The highest BCUT2D eigenvalue weighted by molar-refractivity contribution is 5.81. The molecule has 1 aromatic heterocycles. The van der Waals surface area contributed by atoms with Crippen molar-refractivity contribution in [2.24, 2.45) is 0 Å². The summed E-state index contributed by atoms with van der Waals surface area (Å²) in [5, 5.41) is 0.956. The van der Waals surface area contributed by atoms with Crippen molar-refractivity contribution in [2.45, 2.75) is 32.4 Å². The third-order valence-electron chi connectivity index (χ3n) is 5.35. The molecule has 5 heteroatoms. The van der Waals surface area contributed by atoms with Crippen molar-refractivity contribution in [1.29, 1.82) is 0 Å². The van der Waals surface area contributed by atoms with Crippen LogP contribution in [0.5, 0.6) is 11.5 Å². The first-order chi connectivity index (χ1) is 13.7. The summed E-state index contributed by atoms with van der Waals surface area (Å²) in [6, 6.07) is 16.0. The first kappa shape index (κ1) is 18.6. The Balaban J connectivity index is 1.61. The number of fused-ring (bicyclic) bond motifs is 1. The molecule has 2 heterocycles. The minimum Gasteiger partial charge on any atom is -0.497 e. The number of likely N-dealkylation sites (tertiary alicyclic amines) is 1. The van der Waals surface area contributed by atoms with Crippen LogP contribution in [0.15, 0.2) is 57.7 Å². The lowest BCUT2D eigenvalue weighted by Crippen LogP contribution is -2.23. The molecule has 0 saturated carbocycles. The number of benzene rings is 2. The number of methoxy groups -OCH3 is 1. The Bertz CT molecular complexity index is 1010. The minimum atomic E-state index is -0.326. The Morgan fingerprint density at radius 2 is 1.89 bits per heavy atom. The van der Waals surface area contributed by atoms with E-state index >= 15 is 0 Å². The Morgan fingerprint density at radius 1 is 1.11 bits per heavy atom. The Morgan fingerprint density at radius 3 is 2.64 bits per heavy atom. The molecule has 1 unspecified atom stereocenters. The Kier molecular flexibility index (Phi) is 5.35. The second-order valence-electron chi connectivity index (χ2n) is 7.08. The lowest BCUT2D eigenvalue weighted by Gasteiger charge is -2.25. The van der Waals surface area contributed by atoms with Gasteiger partial charge in [0, 0.05) is 30.1 Å². The highest BCUT2D eigenvalue weighted by Gasteiger charge is 2.26. The molecule has 2 aromatic carbocycles. The van der Waals surface area contributed by atoms with Crippen LogP contribution in [-0.2, 0) is 6.54 Å². The zero-order valence-electron chi connectivity index (χ0n) is 16.3. The quantitative estimate of drug-likeness (QED) is 0.589. The average Bonchev–Trinajstić information content (AvgIpc) is 3.16. The van der Waals surface area contributed by atoms with Gasteiger partial charge in [-0.2, -0.15) is 0 Å². The summed E-state index contributed by atoms with van der Waals surface area (Å²) >= 11 is 0. The number of nitrogens with zero attached hydrogens (tertiary/aromatic N) is 1. The lowest BCUT2D eigenvalue weighted by molar-refractivity contribution is 0.248. The minimum absolute atomic E-state index is 0.326. The van der Waals surface area contributed by atoms with Crippen LogP contribution in [0.25, 0.3) is 11.0 Å². The lowest BCUT2D eigenvalue weighted by atomic mass is 10.0. The zero-order chi connectivity index (χ0) is 19.5. The van der Waals surface area contributed by atoms with E-state index in [0.29, 0.717) is 30.5 Å². The number of hydrogen-bond donors (Lipinski definition) is 0. The van der Waals surface area contributed by atoms with E-state index < -0.39 is 0 Å². The van der Waals surface area contributed by atoms with Crippen LogP contribution in [0.2, 0.25) is 0 Å². The maximum absolute atomic E-state index is 12.1. The molecule has 1 atom stereocenters. The number of hydrogen-bond acceptors (Lipinski definition) is 5. The SMILES string of the molecule is CCOc1ccc(C2CCCN2Cc2cc(=O)oc3cc(OC)ccc23)cc1. The molecule has 1 fully saturated rings. The highest BCUT2D eigenvalue weighted by atomic mass is 16.5. The van der Waals surface area contributed by atoms with Gasteiger partial charge in [0.1, 0.15) is 17.1 Å². The summed E-state index contributed by atoms with van der Waals surface area (Å²) in [5.41, 5.74) is 2.52. The van der Waals surface area contributed by atoms with Gasteiger partial charge in [-0.25, -0.2) is 4.79 Å². The van der Waals surface area contributed by atoms with Crippen LogP contribution in [0.4, 0.5) is 0 Å². The van der Waals surface area contributed by atoms with E-state index in [9.17, 15) is 4.79 Å². The Hall–Kier alpha value is -2.79. The first-order valence-electron chi connectivity index (χ1n) is 9.75. The second kappa shape index (κ2) is 8.07. The van der Waals surface area contributed by atoms with Gasteiger partial charge in [0.2, 0.25) is 0 Å². The summed E-state index contributed by atoms with van der Waals surface area (Å²) in [5.74, 6) is 1.58. The molecule has 0 N–H and O–H groups in total. The molecule has 5 nitrogen and oxygen atoms in total. The van der Waals surface area contributed by atoms with Crippen LogP contribution in [-0.4, -0.2) is 25.2 Å². The van der Waals surface area contributed by atoms with Crippen LogP contribution in [0.3, 0.4) is 0 Å². The largest absolute Gasteiger partial charge is 0.497 e. The van der Waals surface area contributed by atoms with Crippen molar-refractivity contribution < 1.29 is 13.9 Å². The van der Waals surface area contributed by atoms with E-state index in [1.807, 2.05) is 31.2 Å². The summed E-state index contributed by atoms with van der Waals surface area (Å²) in [4.78, 5) is 14.5. The monoisotopic (exact) mass is 379 g/mol. The van der Waals surface area contributed by atoms with E-state index in [4.69, 9.17) is 13.9 Å². The van der Waals surface area contributed by atoms with Crippen molar-refractivity contribution in [1.82, 2.24) is 4.90 Å². The molecule has 0 amide bonds. The van der Waals surface area contributed by atoms with E-state index in [-0.39, 0.29) is 5.63 Å². The summed E-state index contributed by atoms with van der Waals surface area (Å²) < 4.78 is 16.2. The van der Waals surface area contributed by atoms with Crippen LogP contribution < -0.4 is 15.1 Å². The molecule has 1 aliphatic rings. The van der Waals surface area contributed by atoms with Gasteiger partial charge in [-0.1, -0.05) is 12.1 Å². The fraction of sp³-hybridized carbons (Fsp3) is 0.348. The maximum atomic E-state index is 12.1. The molecule has 3 aromatic rings. The van der Waals surface area contributed by atoms with Gasteiger partial charge in [0.25, 0.3) is 0 Å². The molecule has 1 aliphatic heterocycles. The molecule has 28 heavy (non-hydrogen) atoms. The fourth-order valence-corrected chi connectivity index (χ4v) is 4.03. The van der Waals surface area contributed by atoms with Crippen molar-refractivity contribution in [2.75, 3.05) is 20.3 Å². The molecule has 1 saturated heterocycles. The molecular weight excluding hydrogens is 354 g/mol. The fourth-order valence-electron chi connectivity index (χ4n) is 4.03. The van der Waals surface area contributed by atoms with Crippen LogP contribution in [0, 0.1) is 0 Å². The number of ether oxygens (including phenoxy) is 2. The summed E-state index contributed by atoms with van der Waals surface area (Å²) in [6.45, 7) is 4.38. The molecular formula is C23H25NO4. The molecule has 146 valence electrons. The van der Waals surface area contributed by atoms with Gasteiger partial charge in [-0.05, 0) is 61.7 Å². The Labute approximate surface area is 164 Å². The van der Waals surface area contributed by atoms with Crippen molar-refractivity contribution in [3.05, 3.63) is 70.1 Å². The van der Waals surface area contributed by atoms with Crippen LogP contribution >= 0.6 is 0 Å². The van der Waals surface area contributed by atoms with E-state index in [2.05, 4.69) is 17.0 Å². The van der Waals surface area contributed by atoms with Gasteiger partial charge in [-0.15, -0.1) is 0 Å². The molecule has 0 radical (unpaired) electrons. The predicted octanol–water partition coefficient (Wildman–Crippen LogP) is 4.54. The van der Waals surface area contributed by atoms with E-state index in [0.717, 1.165) is 36.1 Å². The predicted molar refractivity (Wildman–Crippen MR) is 109 cm³/mol. The van der Waals surface area contributed by atoms with Crippen molar-refractivity contribution >= 4 is 11.0 Å².